The molecule has 0 radical (unpaired) electrons. The smallest absolute Gasteiger partial charge is 0.314 e. The Balaban J connectivity index is 2.18. The Labute approximate surface area is 116 Å². The Kier molecular flexibility index (Phi) is 7.16. The van der Waals surface area contributed by atoms with Crippen LogP contribution >= 0.6 is 0 Å². The fraction of sp³-hybridized carbons (Fsp3) is 0.929. The van der Waals surface area contributed by atoms with Gasteiger partial charge in [-0.15, -0.1) is 0 Å². The van der Waals surface area contributed by atoms with E-state index in [0.29, 0.717) is 31.5 Å². The maximum atomic E-state index is 11.6. The molecular formula is C14H29N3O2. The lowest BCUT2D eigenvalue weighted by Crippen LogP contribution is -2.45. The Morgan fingerprint density at radius 2 is 2.11 bits per heavy atom. The van der Waals surface area contributed by atoms with Gasteiger partial charge in [-0.1, -0.05) is 13.8 Å². The topological polar surface area (TPSA) is 64.6 Å². The highest BCUT2D eigenvalue weighted by Gasteiger charge is 2.24. The number of nitrogens with zero attached hydrogens (tertiary/aromatic N) is 1. The van der Waals surface area contributed by atoms with Crippen LogP contribution < -0.4 is 10.6 Å². The van der Waals surface area contributed by atoms with Gasteiger partial charge < -0.3 is 15.7 Å². The molecule has 0 spiro atoms. The van der Waals surface area contributed by atoms with Gasteiger partial charge >= 0.3 is 6.03 Å². The van der Waals surface area contributed by atoms with Gasteiger partial charge in [-0.25, -0.2) is 4.79 Å². The molecule has 0 aromatic rings. The number of hydrogen-bond donors (Lipinski definition) is 3. The molecule has 0 aliphatic carbocycles. The summed E-state index contributed by atoms with van der Waals surface area (Å²) in [7, 11) is 0. The molecule has 1 fully saturated rings. The van der Waals surface area contributed by atoms with Gasteiger partial charge in [0.1, 0.15) is 0 Å². The number of aliphatic hydroxyl groups is 1. The molecule has 1 aliphatic rings. The maximum Gasteiger partial charge on any atom is 0.314 e. The standard InChI is InChI=1S/C14H29N3O2/c1-11(2)10-17-8-4-5-13(17)9-16-14(19)15-7-6-12(3)18/h11-13,18H,4-10H2,1-3H3,(H2,15,16,19)/t12?,13-/m0/s1. The van der Waals surface area contributed by atoms with Crippen LogP contribution in [0.5, 0.6) is 0 Å². The summed E-state index contributed by atoms with van der Waals surface area (Å²) < 4.78 is 0. The summed E-state index contributed by atoms with van der Waals surface area (Å²) in [6.07, 6.45) is 2.62. The van der Waals surface area contributed by atoms with E-state index in [0.717, 1.165) is 13.1 Å². The third-order valence-corrected chi connectivity index (χ3v) is 3.44. The predicted octanol–water partition coefficient (Wildman–Crippen LogP) is 1.18. The number of hydrogen-bond acceptors (Lipinski definition) is 3. The quantitative estimate of drug-likeness (QED) is 0.651. The van der Waals surface area contributed by atoms with Gasteiger partial charge in [0.15, 0.2) is 0 Å². The van der Waals surface area contributed by atoms with Crippen LogP contribution in [0.25, 0.3) is 0 Å². The van der Waals surface area contributed by atoms with Crippen LogP contribution in [0.3, 0.4) is 0 Å². The van der Waals surface area contributed by atoms with E-state index >= 15 is 0 Å². The van der Waals surface area contributed by atoms with Crippen LogP contribution in [0.2, 0.25) is 0 Å². The van der Waals surface area contributed by atoms with Crippen molar-refractivity contribution in [3.63, 3.8) is 0 Å². The van der Waals surface area contributed by atoms with E-state index in [2.05, 4.69) is 29.4 Å². The average Bonchev–Trinajstić information content (AvgIpc) is 2.72. The van der Waals surface area contributed by atoms with Crippen molar-refractivity contribution in [2.24, 2.45) is 5.92 Å². The van der Waals surface area contributed by atoms with Crippen LogP contribution in [0, 0.1) is 5.92 Å². The minimum Gasteiger partial charge on any atom is -0.393 e. The second-order valence-electron chi connectivity index (χ2n) is 5.96. The predicted molar refractivity (Wildman–Crippen MR) is 77.1 cm³/mol. The first-order chi connectivity index (χ1) is 8.99. The molecule has 1 heterocycles. The molecule has 0 saturated carbocycles. The highest BCUT2D eigenvalue weighted by molar-refractivity contribution is 5.73. The van der Waals surface area contributed by atoms with Crippen molar-refractivity contribution in [3.05, 3.63) is 0 Å². The van der Waals surface area contributed by atoms with Gasteiger partial charge in [0.05, 0.1) is 6.10 Å². The van der Waals surface area contributed by atoms with E-state index in [1.165, 1.54) is 12.8 Å². The van der Waals surface area contributed by atoms with E-state index in [4.69, 9.17) is 5.11 Å². The van der Waals surface area contributed by atoms with E-state index in [-0.39, 0.29) is 12.1 Å². The van der Waals surface area contributed by atoms with Crippen molar-refractivity contribution >= 4 is 6.03 Å². The zero-order valence-electron chi connectivity index (χ0n) is 12.5. The maximum absolute atomic E-state index is 11.6. The van der Waals surface area contributed by atoms with Crippen molar-refractivity contribution in [2.45, 2.75) is 52.2 Å². The van der Waals surface area contributed by atoms with Crippen molar-refractivity contribution in [1.29, 1.82) is 0 Å². The molecule has 5 heteroatoms. The average molecular weight is 271 g/mol. The summed E-state index contributed by atoms with van der Waals surface area (Å²) in [4.78, 5) is 14.1. The monoisotopic (exact) mass is 271 g/mol. The number of nitrogens with one attached hydrogen (secondary N) is 2. The number of aliphatic hydroxyl groups excluding tert-OH is 1. The highest BCUT2D eigenvalue weighted by atomic mass is 16.3. The Morgan fingerprint density at radius 3 is 2.74 bits per heavy atom. The van der Waals surface area contributed by atoms with E-state index in [9.17, 15) is 4.79 Å². The van der Waals surface area contributed by atoms with Gasteiger partial charge in [-0.2, -0.15) is 0 Å². The number of carbonyl (C=O) groups is 1. The van der Waals surface area contributed by atoms with Crippen molar-refractivity contribution in [2.75, 3.05) is 26.2 Å². The molecule has 3 N–H and O–H groups in total. The number of likely N-dealkylation sites (tertiary alicyclic amines) is 1. The van der Waals surface area contributed by atoms with E-state index < -0.39 is 0 Å². The summed E-state index contributed by atoms with van der Waals surface area (Å²) in [5.74, 6) is 0.667. The Hall–Kier alpha value is -0.810. The summed E-state index contributed by atoms with van der Waals surface area (Å²) in [6, 6.07) is 0.349. The SMILES string of the molecule is CC(C)CN1CCC[C@H]1CNC(=O)NCCC(C)O. The summed E-state index contributed by atoms with van der Waals surface area (Å²) in [5, 5.41) is 14.8. The molecule has 112 valence electrons. The van der Waals surface area contributed by atoms with Crippen LogP contribution in [0.4, 0.5) is 4.79 Å². The van der Waals surface area contributed by atoms with Crippen LogP contribution in [0.15, 0.2) is 0 Å². The minimum atomic E-state index is -0.364. The van der Waals surface area contributed by atoms with Gasteiger partial charge in [0, 0.05) is 25.7 Å². The molecule has 1 aliphatic heterocycles. The largest absolute Gasteiger partial charge is 0.393 e. The van der Waals surface area contributed by atoms with Crippen molar-refractivity contribution in [1.82, 2.24) is 15.5 Å². The fourth-order valence-corrected chi connectivity index (χ4v) is 2.50. The summed E-state index contributed by atoms with van der Waals surface area (Å²) in [5.41, 5.74) is 0. The van der Waals surface area contributed by atoms with Gasteiger partial charge in [0.25, 0.3) is 0 Å². The number of rotatable bonds is 7. The third-order valence-electron chi connectivity index (χ3n) is 3.44. The molecule has 5 nitrogen and oxygen atoms in total. The van der Waals surface area contributed by atoms with Crippen LogP contribution in [-0.4, -0.2) is 54.4 Å². The summed E-state index contributed by atoms with van der Waals surface area (Å²) >= 11 is 0. The zero-order chi connectivity index (χ0) is 14.3. The Bertz CT molecular complexity index is 269. The van der Waals surface area contributed by atoms with E-state index in [1.807, 2.05) is 0 Å². The van der Waals surface area contributed by atoms with Gasteiger partial charge in [-0.3, -0.25) is 4.90 Å². The van der Waals surface area contributed by atoms with E-state index in [1.54, 1.807) is 6.92 Å². The van der Waals surface area contributed by atoms with Crippen LogP contribution in [0.1, 0.15) is 40.0 Å². The van der Waals surface area contributed by atoms with Crippen molar-refractivity contribution < 1.29 is 9.90 Å². The molecule has 2 atom stereocenters. The minimum absolute atomic E-state index is 0.128. The molecule has 0 aromatic carbocycles. The number of urea groups is 1. The second kappa shape index (κ2) is 8.38. The molecular weight excluding hydrogens is 242 g/mol. The zero-order valence-corrected chi connectivity index (χ0v) is 12.5. The highest BCUT2D eigenvalue weighted by Crippen LogP contribution is 2.17. The first-order valence-corrected chi connectivity index (χ1v) is 7.43. The molecule has 2 amide bonds. The van der Waals surface area contributed by atoms with Gasteiger partial charge in [-0.05, 0) is 38.6 Å². The molecule has 0 bridgehead atoms. The molecule has 1 rings (SSSR count). The first-order valence-electron chi connectivity index (χ1n) is 7.43. The number of amides is 2. The lowest BCUT2D eigenvalue weighted by atomic mass is 10.1. The second-order valence-corrected chi connectivity index (χ2v) is 5.96. The normalized spacial score (nSPS) is 21.6. The molecule has 0 aromatic heterocycles. The molecule has 1 saturated heterocycles. The number of carbonyl (C=O) groups excluding carboxylic acids is 1. The summed E-state index contributed by atoms with van der Waals surface area (Å²) in [6.45, 7) is 9.67. The first kappa shape index (κ1) is 16.2. The van der Waals surface area contributed by atoms with Gasteiger partial charge in [0.2, 0.25) is 0 Å². The molecule has 19 heavy (non-hydrogen) atoms. The molecule has 1 unspecified atom stereocenters. The van der Waals surface area contributed by atoms with Crippen LogP contribution in [-0.2, 0) is 0 Å². The van der Waals surface area contributed by atoms with Crippen molar-refractivity contribution in [3.8, 4) is 0 Å². The Morgan fingerprint density at radius 1 is 1.37 bits per heavy atom. The lowest BCUT2D eigenvalue weighted by molar-refractivity contribution is 0.182. The third kappa shape index (κ3) is 6.78. The lowest BCUT2D eigenvalue weighted by Gasteiger charge is -2.26. The fourth-order valence-electron chi connectivity index (χ4n) is 2.50.